The first-order chi connectivity index (χ1) is 10.0. The van der Waals surface area contributed by atoms with E-state index in [1.165, 1.54) is 4.90 Å². The van der Waals surface area contributed by atoms with E-state index in [4.69, 9.17) is 0 Å². The number of fused-ring (bicyclic) bond motifs is 1. The van der Waals surface area contributed by atoms with Crippen molar-refractivity contribution < 1.29 is 13.6 Å². The minimum atomic E-state index is -0.539. The summed E-state index contributed by atoms with van der Waals surface area (Å²) >= 11 is 2.08. The summed E-state index contributed by atoms with van der Waals surface area (Å²) in [6, 6.07) is 5.00. The molecule has 0 unspecified atom stereocenters. The first-order valence-electron chi connectivity index (χ1n) is 6.18. The molecular formula is C14H10F2IN3O. The van der Waals surface area contributed by atoms with Crippen LogP contribution in [-0.2, 0) is 11.3 Å². The Labute approximate surface area is 133 Å². The molecule has 21 heavy (non-hydrogen) atoms. The molecule has 7 heteroatoms. The molecule has 1 amide bonds. The Kier molecular flexibility index (Phi) is 3.75. The van der Waals surface area contributed by atoms with Crippen LogP contribution in [0.2, 0.25) is 0 Å². The summed E-state index contributed by atoms with van der Waals surface area (Å²) in [7, 11) is 0. The SMILES string of the molecule is O=C1CNc2ncc(I)cc2N1Cc1cc(F)ccc1F. The summed E-state index contributed by atoms with van der Waals surface area (Å²) in [6.45, 7) is 0.0520. The zero-order valence-electron chi connectivity index (χ0n) is 10.7. The van der Waals surface area contributed by atoms with Crippen LogP contribution in [0.3, 0.4) is 0 Å². The normalized spacial score (nSPS) is 13.9. The van der Waals surface area contributed by atoms with Gasteiger partial charge in [-0.1, -0.05) is 0 Å². The van der Waals surface area contributed by atoms with Crippen LogP contribution in [0.25, 0.3) is 0 Å². The summed E-state index contributed by atoms with van der Waals surface area (Å²) in [5.74, 6) is -0.723. The Morgan fingerprint density at radius 1 is 1.33 bits per heavy atom. The van der Waals surface area contributed by atoms with Crippen molar-refractivity contribution in [2.24, 2.45) is 0 Å². The number of pyridine rings is 1. The predicted molar refractivity (Wildman–Crippen MR) is 83.0 cm³/mol. The topological polar surface area (TPSA) is 45.2 Å². The molecule has 0 spiro atoms. The van der Waals surface area contributed by atoms with Crippen LogP contribution in [0.1, 0.15) is 5.56 Å². The second kappa shape index (κ2) is 5.55. The Bertz CT molecular complexity index is 723. The van der Waals surface area contributed by atoms with Gasteiger partial charge in [0.1, 0.15) is 11.6 Å². The van der Waals surface area contributed by atoms with Crippen molar-refractivity contribution in [2.45, 2.75) is 6.54 Å². The number of amides is 1. The first kappa shape index (κ1) is 14.2. The third kappa shape index (κ3) is 2.82. The molecule has 0 aliphatic carbocycles. The summed E-state index contributed by atoms with van der Waals surface area (Å²) in [5.41, 5.74) is 0.705. The van der Waals surface area contributed by atoms with Gasteiger partial charge < -0.3 is 10.2 Å². The molecule has 0 fully saturated rings. The molecule has 1 aromatic carbocycles. The largest absolute Gasteiger partial charge is 0.359 e. The van der Waals surface area contributed by atoms with Gasteiger partial charge in [0.2, 0.25) is 5.91 Å². The first-order valence-corrected chi connectivity index (χ1v) is 7.26. The highest BCUT2D eigenvalue weighted by Gasteiger charge is 2.26. The van der Waals surface area contributed by atoms with Gasteiger partial charge in [0.25, 0.3) is 0 Å². The van der Waals surface area contributed by atoms with E-state index < -0.39 is 11.6 Å². The number of nitrogens with zero attached hydrogens (tertiary/aromatic N) is 2. The van der Waals surface area contributed by atoms with Crippen LogP contribution in [0, 0.1) is 15.2 Å². The molecule has 0 saturated carbocycles. The molecule has 0 bridgehead atoms. The van der Waals surface area contributed by atoms with Crippen LogP contribution in [-0.4, -0.2) is 17.4 Å². The lowest BCUT2D eigenvalue weighted by molar-refractivity contribution is -0.117. The van der Waals surface area contributed by atoms with Gasteiger partial charge in [0.05, 0.1) is 18.8 Å². The Hall–Kier alpha value is -1.77. The molecule has 3 rings (SSSR count). The van der Waals surface area contributed by atoms with Crippen LogP contribution >= 0.6 is 22.6 Å². The van der Waals surface area contributed by atoms with E-state index >= 15 is 0 Å². The van der Waals surface area contributed by atoms with Crippen LogP contribution in [0.15, 0.2) is 30.5 Å². The lowest BCUT2D eigenvalue weighted by atomic mass is 10.1. The predicted octanol–water partition coefficient (Wildman–Crippen LogP) is 2.92. The zero-order chi connectivity index (χ0) is 15.0. The van der Waals surface area contributed by atoms with E-state index in [0.29, 0.717) is 11.5 Å². The molecule has 0 radical (unpaired) electrons. The van der Waals surface area contributed by atoms with Crippen molar-refractivity contribution in [3.63, 3.8) is 0 Å². The summed E-state index contributed by atoms with van der Waals surface area (Å²) in [6.07, 6.45) is 1.67. The molecular weight excluding hydrogens is 391 g/mol. The highest BCUT2D eigenvalue weighted by Crippen LogP contribution is 2.30. The third-order valence-electron chi connectivity index (χ3n) is 3.17. The fourth-order valence-electron chi connectivity index (χ4n) is 2.17. The maximum Gasteiger partial charge on any atom is 0.246 e. The minimum Gasteiger partial charge on any atom is -0.359 e. The number of aromatic nitrogens is 1. The van der Waals surface area contributed by atoms with E-state index in [9.17, 15) is 13.6 Å². The van der Waals surface area contributed by atoms with Gasteiger partial charge in [-0.25, -0.2) is 13.8 Å². The molecule has 1 aliphatic rings. The molecule has 2 heterocycles. The molecule has 0 saturated heterocycles. The molecule has 4 nitrogen and oxygen atoms in total. The van der Waals surface area contributed by atoms with E-state index in [1.54, 1.807) is 12.3 Å². The number of rotatable bonds is 2. The average Bonchev–Trinajstić information content (AvgIpc) is 2.46. The van der Waals surface area contributed by atoms with E-state index in [0.717, 1.165) is 21.8 Å². The fourth-order valence-corrected chi connectivity index (χ4v) is 2.60. The molecule has 2 aromatic rings. The average molecular weight is 401 g/mol. The van der Waals surface area contributed by atoms with Crippen molar-refractivity contribution in [1.82, 2.24) is 4.98 Å². The Morgan fingerprint density at radius 3 is 2.95 bits per heavy atom. The van der Waals surface area contributed by atoms with Crippen molar-refractivity contribution >= 4 is 40.0 Å². The summed E-state index contributed by atoms with van der Waals surface area (Å²) in [4.78, 5) is 17.7. The van der Waals surface area contributed by atoms with Crippen LogP contribution in [0.4, 0.5) is 20.3 Å². The lowest BCUT2D eigenvalue weighted by Gasteiger charge is -2.29. The molecule has 0 atom stereocenters. The number of hydrogen-bond donors (Lipinski definition) is 1. The van der Waals surface area contributed by atoms with Gasteiger partial charge >= 0.3 is 0 Å². The number of carbonyl (C=O) groups is 1. The second-order valence-electron chi connectivity index (χ2n) is 4.59. The molecule has 108 valence electrons. The third-order valence-corrected chi connectivity index (χ3v) is 3.76. The highest BCUT2D eigenvalue weighted by molar-refractivity contribution is 14.1. The van der Waals surface area contributed by atoms with Gasteiger partial charge in [-0.05, 0) is 46.9 Å². The second-order valence-corrected chi connectivity index (χ2v) is 5.84. The van der Waals surface area contributed by atoms with Crippen molar-refractivity contribution in [3.8, 4) is 0 Å². The fraction of sp³-hybridized carbons (Fsp3) is 0.143. The van der Waals surface area contributed by atoms with Crippen molar-refractivity contribution in [1.29, 1.82) is 0 Å². The van der Waals surface area contributed by atoms with Crippen LogP contribution < -0.4 is 10.2 Å². The Morgan fingerprint density at radius 2 is 2.14 bits per heavy atom. The van der Waals surface area contributed by atoms with Crippen LogP contribution in [0.5, 0.6) is 0 Å². The minimum absolute atomic E-state index is 0.0289. The number of carbonyl (C=O) groups excluding carboxylic acids is 1. The number of hydrogen-bond acceptors (Lipinski definition) is 3. The number of anilines is 2. The maximum absolute atomic E-state index is 13.8. The number of benzene rings is 1. The van der Waals surface area contributed by atoms with Gasteiger partial charge in [0, 0.05) is 15.3 Å². The number of nitrogens with one attached hydrogen (secondary N) is 1. The maximum atomic E-state index is 13.8. The number of halogens is 3. The summed E-state index contributed by atoms with van der Waals surface area (Å²) in [5, 5.41) is 2.91. The Balaban J connectivity index is 2.00. The van der Waals surface area contributed by atoms with Gasteiger partial charge in [-0.15, -0.1) is 0 Å². The molecule has 1 aliphatic heterocycles. The smallest absolute Gasteiger partial charge is 0.246 e. The monoisotopic (exact) mass is 401 g/mol. The van der Waals surface area contributed by atoms with Crippen molar-refractivity contribution in [2.75, 3.05) is 16.8 Å². The zero-order valence-corrected chi connectivity index (χ0v) is 12.9. The molecule has 1 N–H and O–H groups in total. The summed E-state index contributed by atoms with van der Waals surface area (Å²) < 4.78 is 27.9. The molecule has 1 aromatic heterocycles. The van der Waals surface area contributed by atoms with Crippen molar-refractivity contribution in [3.05, 3.63) is 51.2 Å². The quantitative estimate of drug-likeness (QED) is 0.788. The van der Waals surface area contributed by atoms with E-state index in [1.807, 2.05) is 0 Å². The highest BCUT2D eigenvalue weighted by atomic mass is 127. The van der Waals surface area contributed by atoms with Gasteiger partial charge in [-0.2, -0.15) is 0 Å². The van der Waals surface area contributed by atoms with E-state index in [-0.39, 0.29) is 24.6 Å². The van der Waals surface area contributed by atoms with Gasteiger partial charge in [-0.3, -0.25) is 4.79 Å². The van der Waals surface area contributed by atoms with E-state index in [2.05, 4.69) is 32.9 Å². The standard InChI is InChI=1S/C14H10F2IN3O/c15-9-1-2-11(16)8(3-9)7-20-12-4-10(17)5-18-14(12)19-6-13(20)21/h1-5H,6-7H2,(H,18,19). The van der Waals surface area contributed by atoms with Gasteiger partial charge in [0.15, 0.2) is 5.82 Å². The lowest BCUT2D eigenvalue weighted by Crippen LogP contribution is -2.40.